The fraction of sp³-hybridized carbons (Fsp3) is 0.0169. The molecule has 0 saturated carbocycles. The number of hydrogen-bond acceptors (Lipinski definition) is 1. The van der Waals surface area contributed by atoms with Crippen LogP contribution in [0.2, 0.25) is 0 Å². The van der Waals surface area contributed by atoms with Crippen molar-refractivity contribution >= 4 is 49.6 Å². The fourth-order valence-electron chi connectivity index (χ4n) is 10.3. The predicted molar refractivity (Wildman–Crippen MR) is 256 cm³/mol. The van der Waals surface area contributed by atoms with E-state index in [2.05, 4.69) is 252 Å². The van der Waals surface area contributed by atoms with Crippen LogP contribution in [0.3, 0.4) is 0 Å². The third kappa shape index (κ3) is 5.36. The zero-order valence-corrected chi connectivity index (χ0v) is 33.5. The van der Waals surface area contributed by atoms with Crippen molar-refractivity contribution in [1.82, 2.24) is 4.57 Å². The Labute approximate surface area is 355 Å². The van der Waals surface area contributed by atoms with E-state index in [0.29, 0.717) is 0 Å². The Morgan fingerprint density at radius 1 is 0.328 bits per heavy atom. The average Bonchev–Trinajstić information content (AvgIpc) is 3.84. The second-order valence-corrected chi connectivity index (χ2v) is 16.0. The van der Waals surface area contributed by atoms with E-state index >= 15 is 0 Å². The van der Waals surface area contributed by atoms with Gasteiger partial charge in [0.2, 0.25) is 0 Å². The van der Waals surface area contributed by atoms with E-state index in [1.807, 2.05) is 0 Å². The molecule has 0 amide bonds. The minimum atomic E-state index is -0.528. The van der Waals surface area contributed by atoms with Gasteiger partial charge < -0.3 is 9.47 Å². The Morgan fingerprint density at radius 3 is 1.51 bits per heavy atom. The van der Waals surface area contributed by atoms with Crippen molar-refractivity contribution in [3.8, 4) is 27.9 Å². The molecule has 11 aromatic rings. The molecule has 0 saturated heterocycles. The van der Waals surface area contributed by atoms with E-state index in [0.717, 1.165) is 22.7 Å². The lowest BCUT2D eigenvalue weighted by molar-refractivity contribution is 0.768. The fourth-order valence-corrected chi connectivity index (χ4v) is 10.3. The third-order valence-corrected chi connectivity index (χ3v) is 12.8. The molecule has 1 aliphatic rings. The number of hydrogen-bond donors (Lipinski definition) is 0. The molecule has 286 valence electrons. The van der Waals surface area contributed by atoms with Gasteiger partial charge in [-0.1, -0.05) is 194 Å². The number of rotatable bonds is 7. The van der Waals surface area contributed by atoms with Crippen LogP contribution >= 0.6 is 0 Å². The molecule has 1 heterocycles. The first kappa shape index (κ1) is 35.0. The van der Waals surface area contributed by atoms with E-state index in [9.17, 15) is 0 Å². The summed E-state index contributed by atoms with van der Waals surface area (Å²) in [5, 5.41) is 4.90. The first-order chi connectivity index (χ1) is 30.3. The minimum Gasteiger partial charge on any atom is -0.310 e. The van der Waals surface area contributed by atoms with Crippen molar-refractivity contribution in [1.29, 1.82) is 0 Å². The standard InChI is InChI=1S/C59H40N2/c1-3-19-41(20-4-1)47-37-38-58(51-30-8-7-27-48(47)51)60(45-25-18-26-46(40-45)61-56-35-15-11-31-52(56)53-32-12-16-36-57(53)61)44-24-17-23-43(39-44)59(42-21-5-2-6-22-42)54-33-13-9-28-49(54)50-29-10-14-34-55(50)59/h1-40H. The lowest BCUT2D eigenvalue weighted by Crippen LogP contribution is -2.28. The summed E-state index contributed by atoms with van der Waals surface area (Å²) in [5.74, 6) is 0. The molecule has 0 atom stereocenters. The average molecular weight is 777 g/mol. The second-order valence-electron chi connectivity index (χ2n) is 16.0. The van der Waals surface area contributed by atoms with E-state index in [1.165, 1.54) is 77.1 Å². The summed E-state index contributed by atoms with van der Waals surface area (Å²) in [4.78, 5) is 2.48. The van der Waals surface area contributed by atoms with Gasteiger partial charge in [-0.2, -0.15) is 0 Å². The molecule has 2 heteroatoms. The highest BCUT2D eigenvalue weighted by Gasteiger charge is 2.46. The third-order valence-electron chi connectivity index (χ3n) is 12.8. The van der Waals surface area contributed by atoms with Crippen molar-refractivity contribution in [2.75, 3.05) is 4.90 Å². The number of para-hydroxylation sites is 2. The van der Waals surface area contributed by atoms with Crippen LogP contribution in [0.25, 0.3) is 60.5 Å². The Bertz CT molecular complexity index is 3330. The van der Waals surface area contributed by atoms with E-state index in [-0.39, 0.29) is 0 Å². The number of anilines is 3. The van der Waals surface area contributed by atoms with Crippen LogP contribution in [0, 0.1) is 0 Å². The van der Waals surface area contributed by atoms with Crippen molar-refractivity contribution in [2.24, 2.45) is 0 Å². The largest absolute Gasteiger partial charge is 0.310 e. The molecule has 0 N–H and O–H groups in total. The highest BCUT2D eigenvalue weighted by atomic mass is 15.1. The van der Waals surface area contributed by atoms with Crippen molar-refractivity contribution in [2.45, 2.75) is 5.41 Å². The number of nitrogens with zero attached hydrogens (tertiary/aromatic N) is 2. The molecular formula is C59H40N2. The van der Waals surface area contributed by atoms with Crippen LogP contribution < -0.4 is 4.90 Å². The molecular weight excluding hydrogens is 737 g/mol. The van der Waals surface area contributed by atoms with Crippen LogP contribution in [0.1, 0.15) is 22.3 Å². The van der Waals surface area contributed by atoms with Gasteiger partial charge in [0.05, 0.1) is 22.1 Å². The number of aromatic nitrogens is 1. The van der Waals surface area contributed by atoms with Gasteiger partial charge in [-0.15, -0.1) is 0 Å². The van der Waals surface area contributed by atoms with Crippen molar-refractivity contribution in [3.63, 3.8) is 0 Å². The topological polar surface area (TPSA) is 8.17 Å². The van der Waals surface area contributed by atoms with Gasteiger partial charge in [-0.25, -0.2) is 0 Å². The molecule has 61 heavy (non-hydrogen) atoms. The maximum absolute atomic E-state index is 2.48. The molecule has 10 aromatic carbocycles. The SMILES string of the molecule is c1ccc(-c2ccc(N(c3cccc(-n4c5ccccc5c5ccccc54)c3)c3cccc(C4(c5ccccc5)c5ccccc5-c5ccccc54)c3)c3ccccc23)cc1. The summed E-state index contributed by atoms with van der Waals surface area (Å²) in [6.07, 6.45) is 0. The lowest BCUT2D eigenvalue weighted by Gasteiger charge is -2.35. The summed E-state index contributed by atoms with van der Waals surface area (Å²) in [7, 11) is 0. The lowest BCUT2D eigenvalue weighted by atomic mass is 9.67. The van der Waals surface area contributed by atoms with E-state index < -0.39 is 5.41 Å². The second kappa shape index (κ2) is 14.1. The van der Waals surface area contributed by atoms with Gasteiger partial charge in [0.15, 0.2) is 0 Å². The molecule has 12 rings (SSSR count). The zero-order valence-electron chi connectivity index (χ0n) is 33.5. The minimum absolute atomic E-state index is 0.528. The molecule has 0 bridgehead atoms. The number of fused-ring (bicyclic) bond motifs is 7. The Morgan fingerprint density at radius 2 is 0.836 bits per heavy atom. The quantitative estimate of drug-likeness (QED) is 0.156. The first-order valence-electron chi connectivity index (χ1n) is 21.1. The molecule has 0 fully saturated rings. The molecule has 0 spiro atoms. The molecule has 1 aromatic heterocycles. The van der Waals surface area contributed by atoms with Gasteiger partial charge in [0.25, 0.3) is 0 Å². The van der Waals surface area contributed by atoms with Crippen LogP contribution in [0.15, 0.2) is 243 Å². The predicted octanol–water partition coefficient (Wildman–Crippen LogP) is 15.4. The summed E-state index contributed by atoms with van der Waals surface area (Å²) in [6, 6.07) is 89.1. The smallest absolute Gasteiger partial charge is 0.0714 e. The van der Waals surface area contributed by atoms with Gasteiger partial charge >= 0.3 is 0 Å². The summed E-state index contributed by atoms with van der Waals surface area (Å²) in [6.45, 7) is 0. The van der Waals surface area contributed by atoms with E-state index in [1.54, 1.807) is 0 Å². The molecule has 0 aliphatic heterocycles. The summed E-state index contributed by atoms with van der Waals surface area (Å²) < 4.78 is 2.41. The van der Waals surface area contributed by atoms with Crippen LogP contribution in [-0.2, 0) is 5.41 Å². The Kier molecular flexibility index (Phi) is 8.11. The van der Waals surface area contributed by atoms with Gasteiger partial charge in [0.1, 0.15) is 0 Å². The van der Waals surface area contributed by atoms with Gasteiger partial charge in [-0.05, 0) is 98.4 Å². The van der Waals surface area contributed by atoms with Crippen molar-refractivity contribution < 1.29 is 0 Å². The summed E-state index contributed by atoms with van der Waals surface area (Å²) in [5.41, 5.74) is 16.3. The molecule has 0 unspecified atom stereocenters. The van der Waals surface area contributed by atoms with Gasteiger partial charge in [0, 0.05) is 33.2 Å². The molecule has 0 radical (unpaired) electrons. The highest BCUT2D eigenvalue weighted by molar-refractivity contribution is 6.10. The Balaban J connectivity index is 1.13. The zero-order chi connectivity index (χ0) is 40.3. The van der Waals surface area contributed by atoms with E-state index in [4.69, 9.17) is 0 Å². The van der Waals surface area contributed by atoms with Gasteiger partial charge in [-0.3, -0.25) is 0 Å². The van der Waals surface area contributed by atoms with Crippen LogP contribution in [-0.4, -0.2) is 4.57 Å². The Hall–Kier alpha value is -7.94. The monoisotopic (exact) mass is 776 g/mol. The van der Waals surface area contributed by atoms with Crippen LogP contribution in [0.5, 0.6) is 0 Å². The molecule has 1 aliphatic carbocycles. The maximum atomic E-state index is 2.48. The molecule has 2 nitrogen and oxygen atoms in total. The number of benzene rings is 10. The van der Waals surface area contributed by atoms with Crippen LogP contribution in [0.4, 0.5) is 17.1 Å². The summed E-state index contributed by atoms with van der Waals surface area (Å²) >= 11 is 0. The highest BCUT2D eigenvalue weighted by Crippen LogP contribution is 2.57. The first-order valence-corrected chi connectivity index (χ1v) is 21.1. The normalized spacial score (nSPS) is 12.7. The van der Waals surface area contributed by atoms with Crippen molar-refractivity contribution in [3.05, 3.63) is 265 Å². The maximum Gasteiger partial charge on any atom is 0.0714 e.